The van der Waals surface area contributed by atoms with Crippen LogP contribution in [0.3, 0.4) is 0 Å². The van der Waals surface area contributed by atoms with E-state index in [1.807, 2.05) is 12.1 Å². The molecule has 0 aliphatic carbocycles. The van der Waals surface area contributed by atoms with Gasteiger partial charge in [0.2, 0.25) is 0 Å². The maximum Gasteiger partial charge on any atom is 0.122 e. The van der Waals surface area contributed by atoms with E-state index >= 15 is 0 Å². The lowest BCUT2D eigenvalue weighted by molar-refractivity contribution is 0.357. The number of fused-ring (bicyclic) bond motifs is 1. The Kier molecular flexibility index (Phi) is 3.55. The lowest BCUT2D eigenvalue weighted by Gasteiger charge is -2.13. The lowest BCUT2D eigenvalue weighted by atomic mass is 10.0. The molecular formula is C16H14BrClO. The molecule has 0 saturated heterocycles. The van der Waals surface area contributed by atoms with Crippen molar-refractivity contribution in [2.24, 2.45) is 0 Å². The Balaban J connectivity index is 1.97. The molecule has 1 unspecified atom stereocenters. The minimum Gasteiger partial charge on any atom is -0.493 e. The van der Waals surface area contributed by atoms with Gasteiger partial charge in [-0.25, -0.2) is 0 Å². The molecule has 1 atom stereocenters. The first-order valence-electron chi connectivity index (χ1n) is 6.30. The summed E-state index contributed by atoms with van der Waals surface area (Å²) in [7, 11) is 0. The van der Waals surface area contributed by atoms with Crippen molar-refractivity contribution < 1.29 is 4.74 Å². The minimum absolute atomic E-state index is 0.163. The van der Waals surface area contributed by atoms with E-state index in [1.54, 1.807) is 0 Å². The van der Waals surface area contributed by atoms with Crippen LogP contribution in [0.25, 0.3) is 0 Å². The summed E-state index contributed by atoms with van der Waals surface area (Å²) in [5.74, 6) is 1.02. The van der Waals surface area contributed by atoms with Gasteiger partial charge in [-0.3, -0.25) is 0 Å². The van der Waals surface area contributed by atoms with E-state index in [1.165, 1.54) is 22.3 Å². The van der Waals surface area contributed by atoms with Gasteiger partial charge >= 0.3 is 0 Å². The summed E-state index contributed by atoms with van der Waals surface area (Å²) < 4.78 is 5.54. The van der Waals surface area contributed by atoms with Gasteiger partial charge in [-0.2, -0.15) is 0 Å². The van der Waals surface area contributed by atoms with Crippen LogP contribution in [0.15, 0.2) is 36.4 Å². The fourth-order valence-corrected chi connectivity index (χ4v) is 3.31. The second-order valence-corrected chi connectivity index (χ2v) is 6.24. The normalized spacial score (nSPS) is 14.9. The van der Waals surface area contributed by atoms with Crippen LogP contribution in [0.4, 0.5) is 0 Å². The van der Waals surface area contributed by atoms with Crippen molar-refractivity contribution in [1.82, 2.24) is 0 Å². The predicted molar refractivity (Wildman–Crippen MR) is 82.6 cm³/mol. The highest BCUT2D eigenvalue weighted by atomic mass is 79.9. The van der Waals surface area contributed by atoms with Gasteiger partial charge in [0.15, 0.2) is 0 Å². The second-order valence-electron chi connectivity index (χ2n) is 4.89. The second kappa shape index (κ2) is 5.18. The molecule has 1 aliphatic heterocycles. The van der Waals surface area contributed by atoms with Crippen molar-refractivity contribution in [3.05, 3.63) is 63.7 Å². The molecule has 3 rings (SSSR count). The first-order valence-corrected chi connectivity index (χ1v) is 7.59. The summed E-state index contributed by atoms with van der Waals surface area (Å²) in [5, 5.41) is 0.781. The van der Waals surface area contributed by atoms with Crippen LogP contribution in [0.5, 0.6) is 5.75 Å². The summed E-state index contributed by atoms with van der Waals surface area (Å²) in [4.78, 5) is 0.163. The zero-order valence-electron chi connectivity index (χ0n) is 10.6. The number of halogens is 2. The van der Waals surface area contributed by atoms with Gasteiger partial charge in [-0.1, -0.05) is 45.7 Å². The Labute approximate surface area is 126 Å². The average Bonchev–Trinajstić information content (AvgIpc) is 2.83. The van der Waals surface area contributed by atoms with Crippen molar-refractivity contribution >= 4 is 27.5 Å². The van der Waals surface area contributed by atoms with E-state index in [4.69, 9.17) is 16.3 Å². The van der Waals surface area contributed by atoms with Gasteiger partial charge in [0.1, 0.15) is 5.75 Å². The number of alkyl halides is 1. The third kappa shape index (κ3) is 2.65. The SMILES string of the molecule is Cc1cc(Cl)cc(C(Br)c2ccc3c(c2)CCO3)c1. The van der Waals surface area contributed by atoms with Crippen molar-refractivity contribution in [1.29, 1.82) is 0 Å². The number of benzene rings is 2. The fraction of sp³-hybridized carbons (Fsp3) is 0.250. The van der Waals surface area contributed by atoms with Crippen LogP contribution in [0.1, 0.15) is 27.1 Å². The van der Waals surface area contributed by atoms with Gasteiger partial charge in [0.25, 0.3) is 0 Å². The molecule has 0 aromatic heterocycles. The zero-order chi connectivity index (χ0) is 13.4. The van der Waals surface area contributed by atoms with Gasteiger partial charge in [-0.05, 0) is 47.4 Å². The van der Waals surface area contributed by atoms with Crippen LogP contribution < -0.4 is 4.74 Å². The Morgan fingerprint density at radius 3 is 2.79 bits per heavy atom. The van der Waals surface area contributed by atoms with Crippen LogP contribution in [-0.2, 0) is 6.42 Å². The standard InChI is InChI=1S/C16H14BrClO/c1-10-6-13(9-14(18)7-10)16(17)12-2-3-15-11(8-12)4-5-19-15/h2-3,6-9,16H,4-5H2,1H3. The number of aryl methyl sites for hydroxylation is 1. The molecule has 0 amide bonds. The molecule has 1 heterocycles. The smallest absolute Gasteiger partial charge is 0.122 e. The van der Waals surface area contributed by atoms with Crippen LogP contribution in [-0.4, -0.2) is 6.61 Å². The van der Waals surface area contributed by atoms with Crippen molar-refractivity contribution in [3.8, 4) is 5.75 Å². The summed E-state index contributed by atoms with van der Waals surface area (Å²) in [5.41, 5.74) is 4.90. The van der Waals surface area contributed by atoms with E-state index in [0.29, 0.717) is 0 Å². The lowest BCUT2D eigenvalue weighted by Crippen LogP contribution is -1.94. The first kappa shape index (κ1) is 13.0. The maximum atomic E-state index is 6.13. The molecule has 2 aromatic rings. The molecule has 1 aliphatic rings. The molecule has 0 N–H and O–H groups in total. The molecule has 1 nitrogen and oxygen atoms in total. The third-order valence-corrected chi connectivity index (χ3v) is 4.64. The quantitative estimate of drug-likeness (QED) is 0.695. The number of rotatable bonds is 2. The van der Waals surface area contributed by atoms with Gasteiger partial charge < -0.3 is 4.74 Å². The number of ether oxygens (including phenoxy) is 1. The Hall–Kier alpha value is -0.990. The molecule has 0 radical (unpaired) electrons. The molecule has 0 spiro atoms. The topological polar surface area (TPSA) is 9.23 Å². The van der Waals surface area contributed by atoms with Crippen molar-refractivity contribution in [3.63, 3.8) is 0 Å². The largest absolute Gasteiger partial charge is 0.493 e. The Morgan fingerprint density at radius 2 is 2.00 bits per heavy atom. The Bertz CT molecular complexity index is 604. The highest BCUT2D eigenvalue weighted by Crippen LogP contribution is 2.36. The minimum atomic E-state index is 0.163. The number of hydrogen-bond acceptors (Lipinski definition) is 1. The Morgan fingerprint density at radius 1 is 1.16 bits per heavy atom. The molecule has 3 heteroatoms. The van der Waals surface area contributed by atoms with Crippen LogP contribution in [0.2, 0.25) is 5.02 Å². The van der Waals surface area contributed by atoms with Crippen molar-refractivity contribution in [2.75, 3.05) is 6.61 Å². The summed E-state index contributed by atoms with van der Waals surface area (Å²) in [6.07, 6.45) is 0.997. The molecule has 19 heavy (non-hydrogen) atoms. The third-order valence-electron chi connectivity index (χ3n) is 3.36. The molecule has 2 aromatic carbocycles. The molecule has 0 fully saturated rings. The monoisotopic (exact) mass is 336 g/mol. The van der Waals surface area contributed by atoms with Gasteiger partial charge in [0, 0.05) is 11.4 Å². The van der Waals surface area contributed by atoms with Crippen LogP contribution >= 0.6 is 27.5 Å². The van der Waals surface area contributed by atoms with E-state index in [2.05, 4.69) is 47.1 Å². The molecule has 98 valence electrons. The first-order chi connectivity index (χ1) is 9.13. The summed E-state index contributed by atoms with van der Waals surface area (Å²) in [6.45, 7) is 2.85. The number of hydrogen-bond donors (Lipinski definition) is 0. The van der Waals surface area contributed by atoms with Crippen LogP contribution in [0, 0.1) is 6.92 Å². The van der Waals surface area contributed by atoms with Crippen molar-refractivity contribution in [2.45, 2.75) is 18.2 Å². The molecule has 0 bridgehead atoms. The maximum absolute atomic E-state index is 6.13. The van der Waals surface area contributed by atoms with E-state index in [0.717, 1.165) is 23.8 Å². The zero-order valence-corrected chi connectivity index (χ0v) is 13.0. The van der Waals surface area contributed by atoms with E-state index in [-0.39, 0.29) is 4.83 Å². The average molecular weight is 338 g/mol. The molecule has 0 saturated carbocycles. The highest BCUT2D eigenvalue weighted by Gasteiger charge is 2.17. The predicted octanol–water partition coefficient (Wildman–Crippen LogP) is 5.07. The summed E-state index contributed by atoms with van der Waals surface area (Å²) >= 11 is 9.91. The molecular weight excluding hydrogens is 324 g/mol. The van der Waals surface area contributed by atoms with Gasteiger partial charge in [0.05, 0.1) is 11.4 Å². The van der Waals surface area contributed by atoms with E-state index in [9.17, 15) is 0 Å². The fourth-order valence-electron chi connectivity index (χ4n) is 2.47. The van der Waals surface area contributed by atoms with Gasteiger partial charge in [-0.15, -0.1) is 0 Å². The highest BCUT2D eigenvalue weighted by molar-refractivity contribution is 9.09. The summed E-state index contributed by atoms with van der Waals surface area (Å²) in [6, 6.07) is 12.5. The van der Waals surface area contributed by atoms with E-state index < -0.39 is 0 Å².